The predicted molar refractivity (Wildman–Crippen MR) is 75.1 cm³/mol. The van der Waals surface area contributed by atoms with E-state index in [1.54, 1.807) is 12.1 Å². The SMILES string of the molecule is CN1CCN(Cc2cccc(C(N)=S)c2F)CC1. The van der Waals surface area contributed by atoms with Crippen LogP contribution in [0.1, 0.15) is 11.1 Å². The highest BCUT2D eigenvalue weighted by atomic mass is 32.1. The van der Waals surface area contributed by atoms with E-state index >= 15 is 0 Å². The van der Waals surface area contributed by atoms with E-state index in [9.17, 15) is 4.39 Å². The molecule has 2 rings (SSSR count). The van der Waals surface area contributed by atoms with Crippen LogP contribution in [0.4, 0.5) is 4.39 Å². The Labute approximate surface area is 112 Å². The molecule has 2 N–H and O–H groups in total. The highest BCUT2D eigenvalue weighted by Crippen LogP contribution is 2.16. The van der Waals surface area contributed by atoms with Gasteiger partial charge < -0.3 is 10.6 Å². The summed E-state index contributed by atoms with van der Waals surface area (Å²) in [6.07, 6.45) is 0. The third-order valence-corrected chi connectivity index (χ3v) is 3.55. The third-order valence-electron chi connectivity index (χ3n) is 3.33. The van der Waals surface area contributed by atoms with Crippen molar-refractivity contribution in [2.75, 3.05) is 33.2 Å². The van der Waals surface area contributed by atoms with Crippen LogP contribution in [0.25, 0.3) is 0 Å². The summed E-state index contributed by atoms with van der Waals surface area (Å²) in [4.78, 5) is 4.65. The zero-order chi connectivity index (χ0) is 13.1. The third kappa shape index (κ3) is 3.04. The van der Waals surface area contributed by atoms with Crippen LogP contribution in [-0.4, -0.2) is 48.0 Å². The van der Waals surface area contributed by atoms with E-state index < -0.39 is 0 Å². The number of hydrogen-bond donors (Lipinski definition) is 1. The first kappa shape index (κ1) is 13.4. The Balaban J connectivity index is 2.10. The summed E-state index contributed by atoms with van der Waals surface area (Å²) in [6, 6.07) is 5.24. The van der Waals surface area contributed by atoms with Gasteiger partial charge in [-0.3, -0.25) is 4.90 Å². The maximum absolute atomic E-state index is 14.2. The van der Waals surface area contributed by atoms with Crippen LogP contribution in [-0.2, 0) is 6.54 Å². The number of rotatable bonds is 3. The van der Waals surface area contributed by atoms with Gasteiger partial charge in [0.2, 0.25) is 0 Å². The van der Waals surface area contributed by atoms with Crippen LogP contribution in [0.2, 0.25) is 0 Å². The molecule has 3 nitrogen and oxygen atoms in total. The second-order valence-corrected chi connectivity index (χ2v) is 5.16. The van der Waals surface area contributed by atoms with Gasteiger partial charge in [-0.2, -0.15) is 0 Å². The van der Waals surface area contributed by atoms with E-state index in [2.05, 4.69) is 16.8 Å². The zero-order valence-electron chi connectivity index (χ0n) is 10.5. The van der Waals surface area contributed by atoms with Crippen molar-refractivity contribution in [1.82, 2.24) is 9.80 Å². The van der Waals surface area contributed by atoms with Gasteiger partial charge in [0, 0.05) is 43.9 Å². The van der Waals surface area contributed by atoms with Crippen molar-refractivity contribution in [1.29, 1.82) is 0 Å². The van der Waals surface area contributed by atoms with Crippen molar-refractivity contribution in [2.45, 2.75) is 6.54 Å². The lowest BCUT2D eigenvalue weighted by molar-refractivity contribution is 0.147. The van der Waals surface area contributed by atoms with Gasteiger partial charge in [0.05, 0.1) is 0 Å². The fraction of sp³-hybridized carbons (Fsp3) is 0.462. The van der Waals surface area contributed by atoms with E-state index in [0.717, 1.165) is 26.2 Å². The second kappa shape index (κ2) is 5.73. The number of halogens is 1. The van der Waals surface area contributed by atoms with Crippen molar-refractivity contribution in [3.8, 4) is 0 Å². The van der Waals surface area contributed by atoms with Gasteiger partial charge in [0.25, 0.3) is 0 Å². The van der Waals surface area contributed by atoms with E-state index in [1.807, 2.05) is 6.07 Å². The molecule has 98 valence electrons. The summed E-state index contributed by atoms with van der Waals surface area (Å²) in [6.45, 7) is 4.60. The topological polar surface area (TPSA) is 32.5 Å². The molecule has 1 heterocycles. The number of thiocarbonyl (C=S) groups is 1. The molecule has 0 aliphatic carbocycles. The average molecular weight is 267 g/mol. The van der Waals surface area contributed by atoms with Crippen molar-refractivity contribution in [3.63, 3.8) is 0 Å². The summed E-state index contributed by atoms with van der Waals surface area (Å²) in [5, 5.41) is 0. The number of benzene rings is 1. The first-order chi connectivity index (χ1) is 8.58. The number of likely N-dealkylation sites (N-methyl/N-ethyl adjacent to an activating group) is 1. The van der Waals surface area contributed by atoms with Gasteiger partial charge in [-0.1, -0.05) is 24.4 Å². The molecule has 1 aromatic carbocycles. The normalized spacial score (nSPS) is 17.9. The summed E-state index contributed by atoms with van der Waals surface area (Å²) in [5.74, 6) is -0.274. The molecule has 1 saturated heterocycles. The Morgan fingerprint density at radius 2 is 2.00 bits per heavy atom. The molecule has 0 saturated carbocycles. The molecule has 0 spiro atoms. The number of nitrogens with zero attached hydrogens (tertiary/aromatic N) is 2. The molecule has 1 aliphatic rings. The Morgan fingerprint density at radius 3 is 2.61 bits per heavy atom. The maximum atomic E-state index is 14.2. The highest BCUT2D eigenvalue weighted by molar-refractivity contribution is 7.80. The van der Waals surface area contributed by atoms with Gasteiger partial charge in [-0.05, 0) is 13.1 Å². The number of piperazine rings is 1. The Morgan fingerprint density at radius 1 is 1.33 bits per heavy atom. The zero-order valence-corrected chi connectivity index (χ0v) is 11.3. The van der Waals surface area contributed by atoms with Gasteiger partial charge in [0.1, 0.15) is 10.8 Å². The lowest BCUT2D eigenvalue weighted by Crippen LogP contribution is -2.44. The smallest absolute Gasteiger partial charge is 0.137 e. The minimum atomic E-state index is -0.274. The van der Waals surface area contributed by atoms with Crippen molar-refractivity contribution >= 4 is 17.2 Å². The highest BCUT2D eigenvalue weighted by Gasteiger charge is 2.17. The fourth-order valence-electron chi connectivity index (χ4n) is 2.14. The van der Waals surface area contributed by atoms with E-state index in [-0.39, 0.29) is 10.8 Å². The molecule has 1 aliphatic heterocycles. The van der Waals surface area contributed by atoms with Crippen LogP contribution < -0.4 is 5.73 Å². The standard InChI is InChI=1S/C13H18FN3S/c1-16-5-7-17(8-6-16)9-10-3-2-4-11(12(10)14)13(15)18/h2-4H,5-9H2,1H3,(H2,15,18). The molecule has 0 aromatic heterocycles. The molecular formula is C13H18FN3S. The van der Waals surface area contributed by atoms with E-state index in [4.69, 9.17) is 18.0 Å². The lowest BCUT2D eigenvalue weighted by Gasteiger charge is -2.32. The molecule has 0 amide bonds. The van der Waals surface area contributed by atoms with Crippen LogP contribution in [0.15, 0.2) is 18.2 Å². The Kier molecular flexibility index (Phi) is 4.27. The minimum absolute atomic E-state index is 0.118. The summed E-state index contributed by atoms with van der Waals surface area (Å²) >= 11 is 4.85. The predicted octanol–water partition coefficient (Wildman–Crippen LogP) is 1.21. The molecule has 5 heteroatoms. The average Bonchev–Trinajstić information content (AvgIpc) is 2.34. The first-order valence-electron chi connectivity index (χ1n) is 6.06. The van der Waals surface area contributed by atoms with Gasteiger partial charge in [-0.25, -0.2) is 4.39 Å². The number of nitrogens with two attached hydrogens (primary N) is 1. The monoisotopic (exact) mass is 267 g/mol. The summed E-state index contributed by atoms with van der Waals surface area (Å²) in [5.41, 5.74) is 6.52. The maximum Gasteiger partial charge on any atom is 0.137 e. The Hall–Kier alpha value is -1.04. The van der Waals surface area contributed by atoms with Crippen LogP contribution in [0, 0.1) is 5.82 Å². The molecule has 0 radical (unpaired) electrons. The van der Waals surface area contributed by atoms with E-state index in [0.29, 0.717) is 17.7 Å². The second-order valence-electron chi connectivity index (χ2n) is 4.72. The summed E-state index contributed by atoms with van der Waals surface area (Å²) in [7, 11) is 2.10. The van der Waals surface area contributed by atoms with Crippen LogP contribution in [0.5, 0.6) is 0 Å². The molecule has 1 aromatic rings. The molecule has 0 unspecified atom stereocenters. The van der Waals surface area contributed by atoms with Crippen molar-refractivity contribution in [3.05, 3.63) is 35.1 Å². The largest absolute Gasteiger partial charge is 0.389 e. The molecule has 18 heavy (non-hydrogen) atoms. The van der Waals surface area contributed by atoms with E-state index in [1.165, 1.54) is 0 Å². The summed E-state index contributed by atoms with van der Waals surface area (Å²) < 4.78 is 14.2. The molecule has 1 fully saturated rings. The molecule has 0 atom stereocenters. The lowest BCUT2D eigenvalue weighted by atomic mass is 10.1. The number of hydrogen-bond acceptors (Lipinski definition) is 3. The quantitative estimate of drug-likeness (QED) is 0.834. The van der Waals surface area contributed by atoms with Crippen LogP contribution >= 0.6 is 12.2 Å². The minimum Gasteiger partial charge on any atom is -0.389 e. The van der Waals surface area contributed by atoms with Gasteiger partial charge >= 0.3 is 0 Å². The molecular weight excluding hydrogens is 249 g/mol. The Bertz CT molecular complexity index is 442. The molecule has 0 bridgehead atoms. The van der Waals surface area contributed by atoms with Crippen molar-refractivity contribution in [2.24, 2.45) is 5.73 Å². The fourth-order valence-corrected chi connectivity index (χ4v) is 2.30. The van der Waals surface area contributed by atoms with Gasteiger partial charge in [0.15, 0.2) is 0 Å². The van der Waals surface area contributed by atoms with Gasteiger partial charge in [-0.15, -0.1) is 0 Å². The van der Waals surface area contributed by atoms with Crippen LogP contribution in [0.3, 0.4) is 0 Å². The first-order valence-corrected chi connectivity index (χ1v) is 6.47. The van der Waals surface area contributed by atoms with Crippen molar-refractivity contribution < 1.29 is 4.39 Å².